The third-order valence-electron chi connectivity index (χ3n) is 2.66. The molecule has 2 heterocycles. The zero-order valence-electron chi connectivity index (χ0n) is 10.0. The summed E-state index contributed by atoms with van der Waals surface area (Å²) in [6.45, 7) is 3.90. The number of hydrogen-bond acceptors (Lipinski definition) is 4. The highest BCUT2D eigenvalue weighted by atomic mass is 32.2. The third-order valence-corrected chi connectivity index (χ3v) is 4.32. The number of aryl methyl sites for hydroxylation is 1. The number of thioether (sulfide) groups is 1. The highest BCUT2D eigenvalue weighted by Crippen LogP contribution is 2.34. The number of hydrogen-bond donors (Lipinski definition) is 1. The van der Waals surface area contributed by atoms with Crippen LogP contribution in [0.1, 0.15) is 26.0 Å². The van der Waals surface area contributed by atoms with Crippen LogP contribution in [0.4, 0.5) is 5.82 Å². The molecule has 92 valence electrons. The van der Waals surface area contributed by atoms with E-state index in [1.807, 2.05) is 18.2 Å². The fourth-order valence-corrected chi connectivity index (χ4v) is 3.26. The van der Waals surface area contributed by atoms with Crippen LogP contribution in [-0.4, -0.2) is 25.9 Å². The van der Waals surface area contributed by atoms with Gasteiger partial charge in [0.25, 0.3) is 0 Å². The molecule has 0 radical (unpaired) electrons. The van der Waals surface area contributed by atoms with Crippen molar-refractivity contribution >= 4 is 34.1 Å². The lowest BCUT2D eigenvalue weighted by Crippen LogP contribution is -2.45. The van der Waals surface area contributed by atoms with Gasteiger partial charge in [0.15, 0.2) is 5.72 Å². The van der Waals surface area contributed by atoms with E-state index in [0.717, 1.165) is 24.4 Å². The smallest absolute Gasteiger partial charge is 0.151 e. The Hall–Kier alpha value is -0.650. The van der Waals surface area contributed by atoms with Crippen LogP contribution in [0, 0.1) is 0 Å². The van der Waals surface area contributed by atoms with Gasteiger partial charge in [0.2, 0.25) is 0 Å². The predicted octanol–water partition coefficient (Wildman–Crippen LogP) is 2.58. The van der Waals surface area contributed by atoms with E-state index >= 15 is 0 Å². The summed E-state index contributed by atoms with van der Waals surface area (Å²) in [7, 11) is 0. The van der Waals surface area contributed by atoms with Crippen molar-refractivity contribution in [3.05, 3.63) is 23.9 Å². The summed E-state index contributed by atoms with van der Waals surface area (Å²) in [4.78, 5) is 6.30. The number of aliphatic hydroxyl groups is 1. The van der Waals surface area contributed by atoms with Crippen LogP contribution in [-0.2, 0) is 6.42 Å². The second kappa shape index (κ2) is 4.92. The van der Waals surface area contributed by atoms with E-state index in [2.05, 4.69) is 11.9 Å². The molecule has 2 rings (SSSR count). The van der Waals surface area contributed by atoms with Crippen LogP contribution < -0.4 is 4.90 Å². The Morgan fingerprint density at radius 3 is 2.94 bits per heavy atom. The maximum Gasteiger partial charge on any atom is 0.151 e. The Morgan fingerprint density at radius 2 is 2.35 bits per heavy atom. The molecule has 0 amide bonds. The summed E-state index contributed by atoms with van der Waals surface area (Å²) in [5.41, 5.74) is 0.111. The number of nitrogens with zero attached hydrogens (tertiary/aromatic N) is 2. The lowest BCUT2D eigenvalue weighted by Gasteiger charge is -2.29. The molecule has 1 aliphatic rings. The molecule has 0 spiro atoms. The van der Waals surface area contributed by atoms with Gasteiger partial charge in [-0.3, -0.25) is 4.90 Å². The minimum absolute atomic E-state index is 0.589. The van der Waals surface area contributed by atoms with Crippen LogP contribution in [0.25, 0.3) is 0 Å². The summed E-state index contributed by atoms with van der Waals surface area (Å²) < 4.78 is 0.691. The fraction of sp³-hybridized carbons (Fsp3) is 0.500. The predicted molar refractivity (Wildman–Crippen MR) is 76.4 cm³/mol. The van der Waals surface area contributed by atoms with E-state index < -0.39 is 5.72 Å². The number of thiocarbonyl (C=S) groups is 1. The van der Waals surface area contributed by atoms with Crippen LogP contribution in [0.2, 0.25) is 0 Å². The van der Waals surface area contributed by atoms with Gasteiger partial charge in [-0.25, -0.2) is 4.98 Å². The molecule has 1 atom stereocenters. The Bertz CT molecular complexity index is 434. The molecule has 1 aromatic rings. The maximum atomic E-state index is 10.3. The van der Waals surface area contributed by atoms with Gasteiger partial charge in [-0.15, -0.1) is 0 Å². The topological polar surface area (TPSA) is 36.4 Å². The van der Waals surface area contributed by atoms with E-state index in [-0.39, 0.29) is 0 Å². The van der Waals surface area contributed by atoms with Crippen molar-refractivity contribution < 1.29 is 5.11 Å². The monoisotopic (exact) mass is 268 g/mol. The second-order valence-electron chi connectivity index (χ2n) is 4.34. The lowest BCUT2D eigenvalue weighted by molar-refractivity contribution is 0.0993. The molecular weight excluding hydrogens is 252 g/mol. The van der Waals surface area contributed by atoms with Crippen molar-refractivity contribution in [3.8, 4) is 0 Å². The molecule has 1 unspecified atom stereocenters. The Kier molecular flexibility index (Phi) is 3.70. The van der Waals surface area contributed by atoms with Crippen LogP contribution in [0.3, 0.4) is 0 Å². The minimum atomic E-state index is -0.931. The van der Waals surface area contributed by atoms with Gasteiger partial charge in [0, 0.05) is 11.4 Å². The first-order valence-electron chi connectivity index (χ1n) is 5.70. The number of aromatic nitrogens is 1. The summed E-state index contributed by atoms with van der Waals surface area (Å²) in [5, 5.41) is 10.3. The molecule has 1 fully saturated rings. The zero-order chi connectivity index (χ0) is 12.5. The molecule has 0 aliphatic carbocycles. The highest BCUT2D eigenvalue weighted by molar-refractivity contribution is 8.23. The molecule has 1 saturated heterocycles. The maximum absolute atomic E-state index is 10.3. The lowest BCUT2D eigenvalue weighted by atomic mass is 10.2. The van der Waals surface area contributed by atoms with Gasteiger partial charge in [0.1, 0.15) is 10.1 Å². The molecule has 0 aromatic carbocycles. The summed E-state index contributed by atoms with van der Waals surface area (Å²) in [5.74, 6) is 1.34. The number of anilines is 1. The van der Waals surface area contributed by atoms with E-state index in [1.165, 1.54) is 11.8 Å². The van der Waals surface area contributed by atoms with Gasteiger partial charge in [-0.05, 0) is 25.5 Å². The average Bonchev–Trinajstić information content (AvgIpc) is 2.54. The normalized spacial score (nSPS) is 24.4. The zero-order valence-corrected chi connectivity index (χ0v) is 11.6. The average molecular weight is 268 g/mol. The summed E-state index contributed by atoms with van der Waals surface area (Å²) in [6.07, 6.45) is 2.01. The van der Waals surface area contributed by atoms with Crippen LogP contribution in [0.15, 0.2) is 18.2 Å². The van der Waals surface area contributed by atoms with Crippen molar-refractivity contribution in [1.29, 1.82) is 0 Å². The van der Waals surface area contributed by atoms with Crippen molar-refractivity contribution in [2.45, 2.75) is 32.4 Å². The van der Waals surface area contributed by atoms with E-state index in [9.17, 15) is 5.11 Å². The van der Waals surface area contributed by atoms with Gasteiger partial charge in [0.05, 0.1) is 0 Å². The van der Waals surface area contributed by atoms with E-state index in [1.54, 1.807) is 11.8 Å². The largest absolute Gasteiger partial charge is 0.370 e. The fourth-order valence-electron chi connectivity index (χ4n) is 1.85. The first-order chi connectivity index (χ1) is 8.04. The van der Waals surface area contributed by atoms with Gasteiger partial charge in [-0.1, -0.05) is 43.4 Å². The molecule has 5 heteroatoms. The van der Waals surface area contributed by atoms with Crippen LogP contribution in [0.5, 0.6) is 0 Å². The quantitative estimate of drug-likeness (QED) is 0.853. The van der Waals surface area contributed by atoms with E-state index in [4.69, 9.17) is 12.2 Å². The molecule has 1 aromatic heterocycles. The Labute approximate surface area is 111 Å². The van der Waals surface area contributed by atoms with Crippen LogP contribution >= 0.6 is 24.0 Å². The van der Waals surface area contributed by atoms with Crippen molar-refractivity contribution in [2.24, 2.45) is 0 Å². The van der Waals surface area contributed by atoms with Gasteiger partial charge >= 0.3 is 0 Å². The highest BCUT2D eigenvalue weighted by Gasteiger charge is 2.40. The molecule has 1 N–H and O–H groups in total. The standard InChI is InChI=1S/C12H16N2OS2/c1-3-5-9-6-4-7-10(13-9)14-11(16)17-8-12(14,2)15/h4,6-7,15H,3,5,8H2,1-2H3. The summed E-state index contributed by atoms with van der Waals surface area (Å²) >= 11 is 6.76. The van der Waals surface area contributed by atoms with Gasteiger partial charge < -0.3 is 5.11 Å². The third kappa shape index (κ3) is 2.61. The second-order valence-corrected chi connectivity index (χ2v) is 5.95. The molecule has 3 nitrogen and oxygen atoms in total. The van der Waals surface area contributed by atoms with Crippen molar-refractivity contribution in [1.82, 2.24) is 4.98 Å². The molecule has 1 aliphatic heterocycles. The van der Waals surface area contributed by atoms with E-state index in [0.29, 0.717) is 10.1 Å². The number of rotatable bonds is 3. The van der Waals surface area contributed by atoms with Crippen molar-refractivity contribution in [3.63, 3.8) is 0 Å². The first-order valence-corrected chi connectivity index (χ1v) is 7.09. The molecular formula is C12H16N2OS2. The Morgan fingerprint density at radius 1 is 1.59 bits per heavy atom. The first kappa shape index (κ1) is 12.8. The SMILES string of the molecule is CCCc1cccc(N2C(=S)SCC2(C)O)n1. The molecule has 17 heavy (non-hydrogen) atoms. The van der Waals surface area contributed by atoms with Gasteiger partial charge in [-0.2, -0.15) is 0 Å². The molecule has 0 saturated carbocycles. The molecule has 0 bridgehead atoms. The van der Waals surface area contributed by atoms with Crippen molar-refractivity contribution in [2.75, 3.05) is 10.7 Å². The summed E-state index contributed by atoms with van der Waals surface area (Å²) in [6, 6.07) is 5.87. The Balaban J connectivity index is 2.32. The minimum Gasteiger partial charge on any atom is -0.370 e. The number of pyridine rings is 1.